The number of unbranched alkanes of at least 4 members (excludes halogenated alkanes) is 1. The number of carboxylic acid groups (broad SMARTS) is 1. The van der Waals surface area contributed by atoms with Crippen molar-refractivity contribution < 1.29 is 28.3 Å². The maximum Gasteiger partial charge on any atom is 0.303 e. The van der Waals surface area contributed by atoms with Gasteiger partial charge in [-0.05, 0) is 66.9 Å². The van der Waals surface area contributed by atoms with Crippen LogP contribution in [0.2, 0.25) is 0 Å². The Labute approximate surface area is 220 Å². The highest BCUT2D eigenvalue weighted by Gasteiger charge is 2.19. The van der Waals surface area contributed by atoms with Gasteiger partial charge in [-0.15, -0.1) is 0 Å². The third-order valence-corrected chi connectivity index (χ3v) is 6.34. The first-order chi connectivity index (χ1) is 18.8. The van der Waals surface area contributed by atoms with E-state index in [2.05, 4.69) is 5.16 Å². The summed E-state index contributed by atoms with van der Waals surface area (Å²) in [5.41, 5.74) is 1.93. The number of nitrogens with zero attached hydrogens (tertiary/aromatic N) is 3. The number of aromatic nitrogens is 3. The minimum Gasteiger partial charge on any atom is -0.481 e. The Morgan fingerprint density at radius 3 is 2.33 bits per heavy atom. The van der Waals surface area contributed by atoms with Crippen LogP contribution in [0.25, 0.3) is 27.8 Å². The molecule has 0 aliphatic carbocycles. The maximum absolute atomic E-state index is 13.5. The van der Waals surface area contributed by atoms with Gasteiger partial charge in [-0.2, -0.15) is 0 Å². The van der Waals surface area contributed by atoms with Crippen LogP contribution in [0.1, 0.15) is 42.5 Å². The van der Waals surface area contributed by atoms with Crippen LogP contribution in [0.5, 0.6) is 0 Å². The van der Waals surface area contributed by atoms with E-state index < -0.39 is 23.7 Å². The van der Waals surface area contributed by atoms with Crippen molar-refractivity contribution in [3.05, 3.63) is 112 Å². The zero-order valence-electron chi connectivity index (χ0n) is 20.6. The Morgan fingerprint density at radius 2 is 1.64 bits per heavy atom. The number of benzene rings is 3. The summed E-state index contributed by atoms with van der Waals surface area (Å²) in [4.78, 5) is 29.2. The zero-order chi connectivity index (χ0) is 27.5. The lowest BCUT2D eigenvalue weighted by atomic mass is 10.0. The number of halogens is 2. The van der Waals surface area contributed by atoms with Crippen molar-refractivity contribution in [3.63, 3.8) is 0 Å². The van der Waals surface area contributed by atoms with Gasteiger partial charge in [0.25, 0.3) is 5.56 Å². The van der Waals surface area contributed by atoms with Gasteiger partial charge in [-0.1, -0.05) is 23.4 Å². The van der Waals surface area contributed by atoms with Crippen LogP contribution >= 0.6 is 0 Å². The second kappa shape index (κ2) is 11.0. The first-order valence-electron chi connectivity index (χ1n) is 12.2. The fourth-order valence-electron chi connectivity index (χ4n) is 4.34. The van der Waals surface area contributed by atoms with Crippen LogP contribution in [0.15, 0.2) is 82.1 Å². The molecule has 1 atom stereocenters. The van der Waals surface area contributed by atoms with Gasteiger partial charge in [0, 0.05) is 24.5 Å². The monoisotopic (exact) mass is 531 g/mol. The summed E-state index contributed by atoms with van der Waals surface area (Å²) >= 11 is 0. The predicted octanol–water partition coefficient (Wildman–Crippen LogP) is 5.20. The fraction of sp³-hybridized carbons (Fsp3) is 0.172. The van der Waals surface area contributed by atoms with Crippen molar-refractivity contribution in [3.8, 4) is 16.9 Å². The molecule has 2 heterocycles. The first kappa shape index (κ1) is 25.9. The summed E-state index contributed by atoms with van der Waals surface area (Å²) < 4.78 is 33.5. The normalized spacial score (nSPS) is 12.1. The molecule has 8 nitrogen and oxygen atoms in total. The van der Waals surface area contributed by atoms with Gasteiger partial charge in [0.1, 0.15) is 29.3 Å². The number of aliphatic carboxylic acids is 1. The molecule has 10 heteroatoms. The molecule has 0 spiro atoms. The Hall–Kier alpha value is -4.70. The molecule has 5 aromatic rings. The molecule has 5 rings (SSSR count). The van der Waals surface area contributed by atoms with Crippen molar-refractivity contribution in [1.82, 2.24) is 14.7 Å². The third-order valence-electron chi connectivity index (χ3n) is 6.34. The smallest absolute Gasteiger partial charge is 0.303 e. The summed E-state index contributed by atoms with van der Waals surface area (Å²) in [6.45, 7) is 0. The number of aliphatic hydroxyl groups excluding tert-OH is 1. The van der Waals surface area contributed by atoms with Gasteiger partial charge >= 0.3 is 5.97 Å². The van der Waals surface area contributed by atoms with E-state index in [0.717, 1.165) is 0 Å². The van der Waals surface area contributed by atoms with E-state index in [1.165, 1.54) is 53.1 Å². The first-order valence-corrected chi connectivity index (χ1v) is 12.2. The van der Waals surface area contributed by atoms with Gasteiger partial charge in [-0.3, -0.25) is 14.2 Å². The summed E-state index contributed by atoms with van der Waals surface area (Å²) in [5.74, 6) is -1.19. The van der Waals surface area contributed by atoms with E-state index in [0.29, 0.717) is 58.5 Å². The fourth-order valence-corrected chi connectivity index (χ4v) is 4.34. The topological polar surface area (TPSA) is 118 Å². The minimum atomic E-state index is -1.15. The largest absolute Gasteiger partial charge is 0.481 e. The number of aliphatic hydroxyl groups is 1. The molecule has 0 saturated carbocycles. The summed E-state index contributed by atoms with van der Waals surface area (Å²) in [5, 5.41) is 23.9. The highest BCUT2D eigenvalue weighted by molar-refractivity contribution is 5.83. The highest BCUT2D eigenvalue weighted by Crippen LogP contribution is 2.28. The number of fused-ring (bicyclic) bond motifs is 1. The lowest BCUT2D eigenvalue weighted by Crippen LogP contribution is -2.24. The van der Waals surface area contributed by atoms with E-state index in [1.54, 1.807) is 24.3 Å². The SMILES string of the molecule is O=C(O)CCCCc1nc2cc(-c3cc([C@@H](O)c4ccc(F)cc4)on3)ccc2c(=O)n1-c1ccc(F)cc1. The Morgan fingerprint density at radius 1 is 0.949 bits per heavy atom. The molecule has 198 valence electrons. The molecule has 2 N–H and O–H groups in total. The molecule has 0 aliphatic rings. The molecule has 0 bridgehead atoms. The summed E-state index contributed by atoms with van der Waals surface area (Å²) in [6.07, 6.45) is 0.0734. The van der Waals surface area contributed by atoms with Crippen LogP contribution in [0, 0.1) is 11.6 Å². The van der Waals surface area contributed by atoms with Crippen molar-refractivity contribution >= 4 is 16.9 Å². The van der Waals surface area contributed by atoms with Gasteiger partial charge in [0.15, 0.2) is 5.76 Å². The van der Waals surface area contributed by atoms with E-state index in [1.807, 2.05) is 0 Å². The minimum absolute atomic E-state index is 0.00320. The van der Waals surface area contributed by atoms with Gasteiger partial charge in [-0.25, -0.2) is 13.8 Å². The molecule has 0 unspecified atom stereocenters. The molecule has 0 fully saturated rings. The van der Waals surface area contributed by atoms with Gasteiger partial charge in [0.05, 0.1) is 16.6 Å². The molecular weight excluding hydrogens is 508 g/mol. The average Bonchev–Trinajstić information content (AvgIpc) is 3.42. The zero-order valence-corrected chi connectivity index (χ0v) is 20.6. The number of carbonyl (C=O) groups is 1. The third kappa shape index (κ3) is 5.60. The van der Waals surface area contributed by atoms with E-state index in [4.69, 9.17) is 14.6 Å². The predicted molar refractivity (Wildman–Crippen MR) is 138 cm³/mol. The van der Waals surface area contributed by atoms with E-state index >= 15 is 0 Å². The van der Waals surface area contributed by atoms with Crippen molar-refractivity contribution in [2.45, 2.75) is 31.8 Å². The van der Waals surface area contributed by atoms with Crippen LogP contribution in [-0.4, -0.2) is 30.9 Å². The number of aryl methyl sites for hydroxylation is 1. The van der Waals surface area contributed by atoms with Crippen LogP contribution in [0.4, 0.5) is 8.78 Å². The number of carboxylic acids is 1. The van der Waals surface area contributed by atoms with Gasteiger partial charge in [0.2, 0.25) is 0 Å². The molecule has 0 saturated heterocycles. The summed E-state index contributed by atoms with van der Waals surface area (Å²) in [7, 11) is 0. The lowest BCUT2D eigenvalue weighted by Gasteiger charge is -2.14. The van der Waals surface area contributed by atoms with Crippen molar-refractivity contribution in [1.29, 1.82) is 0 Å². The summed E-state index contributed by atoms with van der Waals surface area (Å²) in [6, 6.07) is 17.4. The Balaban J connectivity index is 1.52. The standard InChI is InChI=1S/C29H23F2N3O5/c30-19-8-5-17(6-9-19)28(37)25-16-23(33-39-25)18-7-14-22-24(15-18)32-26(3-1-2-4-27(35)36)34(29(22)38)21-12-10-20(31)11-13-21/h5-16,28,37H,1-4H2,(H,35,36)/t28-/m0/s1. The van der Waals surface area contributed by atoms with Gasteiger partial charge < -0.3 is 14.7 Å². The molecule has 39 heavy (non-hydrogen) atoms. The second-order valence-corrected chi connectivity index (χ2v) is 9.05. The van der Waals surface area contributed by atoms with Crippen LogP contribution < -0.4 is 5.56 Å². The molecule has 2 aromatic heterocycles. The van der Waals surface area contributed by atoms with Crippen LogP contribution in [0.3, 0.4) is 0 Å². The second-order valence-electron chi connectivity index (χ2n) is 9.05. The molecular formula is C29H23F2N3O5. The van der Waals surface area contributed by atoms with E-state index in [-0.39, 0.29) is 17.7 Å². The number of hydrogen-bond acceptors (Lipinski definition) is 6. The quantitative estimate of drug-likeness (QED) is 0.251. The Bertz CT molecular complexity index is 1700. The van der Waals surface area contributed by atoms with Crippen molar-refractivity contribution in [2.75, 3.05) is 0 Å². The van der Waals surface area contributed by atoms with Crippen molar-refractivity contribution in [2.24, 2.45) is 0 Å². The average molecular weight is 532 g/mol. The molecule has 0 amide bonds. The molecule has 3 aromatic carbocycles. The van der Waals surface area contributed by atoms with E-state index in [9.17, 15) is 23.5 Å². The number of hydrogen-bond donors (Lipinski definition) is 2. The molecule has 0 radical (unpaired) electrons. The maximum atomic E-state index is 13.5. The lowest BCUT2D eigenvalue weighted by molar-refractivity contribution is -0.137. The molecule has 0 aliphatic heterocycles. The highest BCUT2D eigenvalue weighted by atomic mass is 19.1. The number of rotatable bonds is 9. The van der Waals surface area contributed by atoms with Crippen LogP contribution in [-0.2, 0) is 11.2 Å². The Kier molecular flexibility index (Phi) is 7.29.